The maximum atomic E-state index is 10.9. The molecule has 13 heavy (non-hydrogen) atoms. The molecule has 76 valence electrons. The van der Waals surface area contributed by atoms with Crippen LogP contribution in [0.2, 0.25) is 0 Å². The molecule has 0 aliphatic carbocycles. The Morgan fingerprint density at radius 2 is 1.92 bits per heavy atom. The van der Waals surface area contributed by atoms with Crippen LogP contribution >= 0.6 is 8.58 Å². The van der Waals surface area contributed by atoms with Gasteiger partial charge in [0.2, 0.25) is 0 Å². The molecule has 0 radical (unpaired) electrons. The van der Waals surface area contributed by atoms with E-state index in [9.17, 15) is 9.59 Å². The summed E-state index contributed by atoms with van der Waals surface area (Å²) in [6.45, 7) is 1.79. The molecule has 0 saturated heterocycles. The summed E-state index contributed by atoms with van der Waals surface area (Å²) < 4.78 is 9.02. The first-order chi connectivity index (χ1) is 6.11. The average Bonchev–Trinajstić information content (AvgIpc) is 2.15. The Labute approximate surface area is 79.8 Å². The van der Waals surface area contributed by atoms with E-state index in [0.717, 1.165) is 0 Å². The fraction of sp³-hybridized carbons (Fsp3) is 0.750. The van der Waals surface area contributed by atoms with Gasteiger partial charge in [-0.25, -0.2) is 0 Å². The molecule has 2 atom stereocenters. The summed E-state index contributed by atoms with van der Waals surface area (Å²) in [7, 11) is 3.14. The average molecular weight is 206 g/mol. The lowest BCUT2D eigenvalue weighted by atomic mass is 10.2. The minimum Gasteiger partial charge on any atom is -0.469 e. The quantitative estimate of drug-likeness (QED) is 0.489. The number of hydrogen-bond donors (Lipinski definition) is 0. The maximum Gasteiger partial charge on any atom is 0.309 e. The van der Waals surface area contributed by atoms with E-state index in [1.54, 1.807) is 6.92 Å². The molecule has 0 bridgehead atoms. The molecule has 0 saturated carbocycles. The van der Waals surface area contributed by atoms with Gasteiger partial charge in [-0.2, -0.15) is 0 Å². The van der Waals surface area contributed by atoms with Crippen molar-refractivity contribution in [2.24, 2.45) is 5.92 Å². The van der Waals surface area contributed by atoms with Crippen LogP contribution in [-0.4, -0.2) is 38.5 Å². The van der Waals surface area contributed by atoms with E-state index in [2.05, 4.69) is 9.47 Å². The number of hydrogen-bond acceptors (Lipinski definition) is 4. The van der Waals surface area contributed by atoms with Crippen LogP contribution in [0.15, 0.2) is 0 Å². The molecule has 0 spiro atoms. The van der Waals surface area contributed by atoms with Gasteiger partial charge in [0.25, 0.3) is 0 Å². The van der Waals surface area contributed by atoms with Crippen LogP contribution in [0.4, 0.5) is 0 Å². The van der Waals surface area contributed by atoms with Gasteiger partial charge in [0.1, 0.15) is 0 Å². The highest BCUT2D eigenvalue weighted by Crippen LogP contribution is 2.15. The maximum absolute atomic E-state index is 10.9. The zero-order chi connectivity index (χ0) is 10.3. The number of ether oxygens (including phenoxy) is 2. The van der Waals surface area contributed by atoms with Gasteiger partial charge in [-0.3, -0.25) is 9.59 Å². The van der Waals surface area contributed by atoms with E-state index in [0.29, 0.717) is 20.9 Å². The zero-order valence-corrected chi connectivity index (χ0v) is 9.12. The SMILES string of the molecule is COC(=O)CPCC(C)C(=O)OC. The van der Waals surface area contributed by atoms with Crippen LogP contribution in [0.25, 0.3) is 0 Å². The number of carbonyl (C=O) groups is 2. The Morgan fingerprint density at radius 3 is 2.38 bits per heavy atom. The highest BCUT2D eigenvalue weighted by atomic mass is 31.1. The number of esters is 2. The predicted molar refractivity (Wildman–Crippen MR) is 51.2 cm³/mol. The van der Waals surface area contributed by atoms with E-state index in [-0.39, 0.29) is 17.9 Å². The van der Waals surface area contributed by atoms with Gasteiger partial charge in [-0.15, -0.1) is 8.58 Å². The molecule has 0 amide bonds. The summed E-state index contributed by atoms with van der Waals surface area (Å²) in [5.41, 5.74) is 0. The Hall–Kier alpha value is -0.630. The fourth-order valence-corrected chi connectivity index (χ4v) is 1.84. The van der Waals surface area contributed by atoms with Crippen LogP contribution in [0.5, 0.6) is 0 Å². The second-order valence-electron chi connectivity index (χ2n) is 2.63. The van der Waals surface area contributed by atoms with Crippen molar-refractivity contribution in [2.45, 2.75) is 6.92 Å². The molecule has 0 aromatic carbocycles. The van der Waals surface area contributed by atoms with Crippen molar-refractivity contribution in [3.05, 3.63) is 0 Å². The summed E-state index contributed by atoms with van der Waals surface area (Å²) in [5, 5.41) is 0. The third-order valence-electron chi connectivity index (χ3n) is 1.55. The number of carbonyl (C=O) groups excluding carboxylic acids is 2. The van der Waals surface area contributed by atoms with Crippen LogP contribution < -0.4 is 0 Å². The molecule has 0 heterocycles. The molecular formula is C8H15O4P. The molecule has 5 heteroatoms. The van der Waals surface area contributed by atoms with Crippen molar-refractivity contribution >= 4 is 20.5 Å². The molecule has 0 rings (SSSR count). The Bertz CT molecular complexity index is 181. The van der Waals surface area contributed by atoms with Crippen LogP contribution in [0.3, 0.4) is 0 Å². The Balaban J connectivity index is 3.53. The van der Waals surface area contributed by atoms with Gasteiger partial charge >= 0.3 is 11.9 Å². The first kappa shape index (κ1) is 12.4. The highest BCUT2D eigenvalue weighted by Gasteiger charge is 2.12. The molecule has 4 nitrogen and oxygen atoms in total. The Morgan fingerprint density at radius 1 is 1.31 bits per heavy atom. The van der Waals surface area contributed by atoms with E-state index < -0.39 is 0 Å². The van der Waals surface area contributed by atoms with Gasteiger partial charge in [0.05, 0.1) is 26.3 Å². The monoisotopic (exact) mass is 206 g/mol. The van der Waals surface area contributed by atoms with Crippen molar-refractivity contribution in [3.63, 3.8) is 0 Å². The minimum atomic E-state index is -0.226. The van der Waals surface area contributed by atoms with Crippen LogP contribution in [0, 0.1) is 5.92 Å². The second-order valence-corrected chi connectivity index (χ2v) is 3.89. The molecule has 0 fully saturated rings. The van der Waals surface area contributed by atoms with E-state index in [4.69, 9.17) is 0 Å². The highest BCUT2D eigenvalue weighted by molar-refractivity contribution is 7.39. The zero-order valence-electron chi connectivity index (χ0n) is 8.12. The largest absolute Gasteiger partial charge is 0.469 e. The summed E-state index contributed by atoms with van der Waals surface area (Å²) in [6.07, 6.45) is 1.07. The summed E-state index contributed by atoms with van der Waals surface area (Å²) >= 11 is 0. The van der Waals surface area contributed by atoms with Gasteiger partial charge in [-0.05, 0) is 6.16 Å². The molecule has 0 aromatic heterocycles. The lowest BCUT2D eigenvalue weighted by molar-refractivity contribution is -0.144. The molecule has 0 aliphatic rings. The van der Waals surface area contributed by atoms with Crippen LogP contribution in [0.1, 0.15) is 6.92 Å². The predicted octanol–water partition coefficient (Wildman–Crippen LogP) is 0.647. The van der Waals surface area contributed by atoms with Crippen molar-refractivity contribution in [3.8, 4) is 0 Å². The fourth-order valence-electron chi connectivity index (χ4n) is 0.747. The van der Waals surface area contributed by atoms with E-state index in [1.807, 2.05) is 0 Å². The second kappa shape index (κ2) is 6.84. The molecule has 0 aromatic rings. The van der Waals surface area contributed by atoms with Crippen molar-refractivity contribution < 1.29 is 19.1 Å². The van der Waals surface area contributed by atoms with Crippen molar-refractivity contribution in [1.29, 1.82) is 0 Å². The third kappa shape index (κ3) is 5.58. The summed E-state index contributed by atoms with van der Waals surface area (Å²) in [6, 6.07) is 0. The molecule has 0 N–H and O–H groups in total. The number of methoxy groups -OCH3 is 2. The molecule has 0 aliphatic heterocycles. The van der Waals surface area contributed by atoms with Crippen LogP contribution in [-0.2, 0) is 19.1 Å². The van der Waals surface area contributed by atoms with E-state index >= 15 is 0 Å². The smallest absolute Gasteiger partial charge is 0.309 e. The Kier molecular flexibility index (Phi) is 6.51. The van der Waals surface area contributed by atoms with Gasteiger partial charge in [0.15, 0.2) is 0 Å². The molecule has 2 unspecified atom stereocenters. The van der Waals surface area contributed by atoms with Crippen molar-refractivity contribution in [2.75, 3.05) is 26.5 Å². The third-order valence-corrected chi connectivity index (χ3v) is 2.99. The first-order valence-electron chi connectivity index (χ1n) is 3.97. The number of rotatable bonds is 5. The van der Waals surface area contributed by atoms with Gasteiger partial charge < -0.3 is 9.47 Å². The standard InChI is InChI=1S/C8H15O4P/c1-6(8(10)12-3)4-13-5-7(9)11-2/h6,13H,4-5H2,1-3H3. The van der Waals surface area contributed by atoms with Gasteiger partial charge in [0, 0.05) is 0 Å². The summed E-state index contributed by atoms with van der Waals surface area (Å²) in [5.74, 6) is -0.583. The lowest BCUT2D eigenvalue weighted by Gasteiger charge is -2.07. The van der Waals surface area contributed by atoms with Crippen molar-refractivity contribution in [1.82, 2.24) is 0 Å². The van der Waals surface area contributed by atoms with E-state index in [1.165, 1.54) is 14.2 Å². The summed E-state index contributed by atoms with van der Waals surface area (Å²) in [4.78, 5) is 21.6. The lowest BCUT2D eigenvalue weighted by Crippen LogP contribution is -2.15. The normalized spacial score (nSPS) is 12.8. The molecular weight excluding hydrogens is 191 g/mol. The first-order valence-corrected chi connectivity index (χ1v) is 5.38. The topological polar surface area (TPSA) is 52.6 Å². The minimum absolute atomic E-state index is 0.131. The van der Waals surface area contributed by atoms with Gasteiger partial charge in [-0.1, -0.05) is 6.92 Å².